The maximum absolute atomic E-state index is 12.1. The van der Waals surface area contributed by atoms with E-state index in [1.54, 1.807) is 0 Å². The molecule has 1 amide bonds. The van der Waals surface area contributed by atoms with E-state index in [1.807, 2.05) is 27.7 Å². The molecule has 0 saturated carbocycles. The molecule has 0 heterocycles. The van der Waals surface area contributed by atoms with Crippen LogP contribution in [0.25, 0.3) is 0 Å². The lowest BCUT2D eigenvalue weighted by Crippen LogP contribution is -2.57. The fraction of sp³-hybridized carbons (Fsp3) is 0.917. The van der Waals surface area contributed by atoms with Crippen molar-refractivity contribution in [3.8, 4) is 0 Å². The molecule has 0 saturated heterocycles. The molecule has 0 bridgehead atoms. The monoisotopic (exact) mass is 274 g/mol. The second kappa shape index (κ2) is 8.53. The Hall–Kier alpha value is -0.625. The molecular weight excluding hydrogens is 247 g/mol. The minimum Gasteiger partial charge on any atom is -0.426 e. The second-order valence-electron chi connectivity index (χ2n) is 5.70. The maximum Gasteiger partial charge on any atom is 0.475 e. The van der Waals surface area contributed by atoms with Gasteiger partial charge in [0.1, 0.15) is 6.04 Å². The molecule has 3 atom stereocenters. The van der Waals surface area contributed by atoms with E-state index >= 15 is 0 Å². The fourth-order valence-electron chi connectivity index (χ4n) is 1.83. The van der Waals surface area contributed by atoms with Gasteiger partial charge in [-0.1, -0.05) is 27.7 Å². The first-order valence-electron chi connectivity index (χ1n) is 6.75. The summed E-state index contributed by atoms with van der Waals surface area (Å²) in [4.78, 5) is 12.1. The predicted octanol–water partition coefficient (Wildman–Crippen LogP) is -0.723. The van der Waals surface area contributed by atoms with Crippen molar-refractivity contribution in [1.82, 2.24) is 10.6 Å². The van der Waals surface area contributed by atoms with Gasteiger partial charge in [0.2, 0.25) is 5.91 Å². The van der Waals surface area contributed by atoms with Crippen LogP contribution in [0.5, 0.6) is 0 Å². The first kappa shape index (κ1) is 18.4. The molecule has 0 unspecified atom stereocenters. The van der Waals surface area contributed by atoms with Crippen LogP contribution in [0, 0.1) is 5.92 Å². The third kappa shape index (κ3) is 7.52. The summed E-state index contributed by atoms with van der Waals surface area (Å²) in [6.07, 6.45) is -0.407. The van der Waals surface area contributed by atoms with Crippen molar-refractivity contribution < 1.29 is 19.9 Å². The number of hydrogen-bond acceptors (Lipinski definition) is 5. The molecule has 6 nitrogen and oxygen atoms in total. The van der Waals surface area contributed by atoms with Gasteiger partial charge in [-0.2, -0.15) is 0 Å². The summed E-state index contributed by atoms with van der Waals surface area (Å²) in [6.45, 7) is 9.12. The molecular formula is C12H27BN2O4. The lowest BCUT2D eigenvalue weighted by atomic mass is 9.75. The van der Waals surface area contributed by atoms with Crippen molar-refractivity contribution in [3.05, 3.63) is 0 Å². The number of aliphatic hydroxyl groups is 1. The average molecular weight is 274 g/mol. The minimum absolute atomic E-state index is 0.0351. The van der Waals surface area contributed by atoms with Crippen LogP contribution in [-0.2, 0) is 4.79 Å². The number of rotatable bonds is 8. The molecule has 7 heteroatoms. The second-order valence-corrected chi connectivity index (χ2v) is 5.70. The van der Waals surface area contributed by atoms with Gasteiger partial charge in [-0.25, -0.2) is 0 Å². The molecule has 0 aliphatic carbocycles. The molecule has 0 radical (unpaired) electrons. The van der Waals surface area contributed by atoms with Gasteiger partial charge in [-0.05, 0) is 19.3 Å². The Morgan fingerprint density at radius 3 is 2.00 bits per heavy atom. The van der Waals surface area contributed by atoms with Gasteiger partial charge in [-0.3, -0.25) is 4.79 Å². The van der Waals surface area contributed by atoms with Gasteiger partial charge in [-0.15, -0.1) is 0 Å². The Morgan fingerprint density at radius 1 is 1.16 bits per heavy atom. The van der Waals surface area contributed by atoms with Gasteiger partial charge in [0, 0.05) is 6.04 Å². The molecule has 112 valence electrons. The van der Waals surface area contributed by atoms with Crippen LogP contribution in [-0.4, -0.2) is 52.3 Å². The van der Waals surface area contributed by atoms with Crippen molar-refractivity contribution in [1.29, 1.82) is 0 Å². The summed E-state index contributed by atoms with van der Waals surface area (Å²) in [5.41, 5.74) is 0. The zero-order valence-electron chi connectivity index (χ0n) is 12.4. The number of nitrogens with one attached hydrogen (secondary N) is 2. The summed E-state index contributed by atoms with van der Waals surface area (Å²) in [7, 11) is -1.61. The molecule has 0 aromatic heterocycles. The Bertz CT molecular complexity index is 272. The van der Waals surface area contributed by atoms with Crippen LogP contribution in [0.15, 0.2) is 0 Å². The third-order valence-electron chi connectivity index (χ3n) is 2.69. The normalized spacial score (nSPS) is 16.3. The predicted molar refractivity (Wildman–Crippen MR) is 75.3 cm³/mol. The van der Waals surface area contributed by atoms with E-state index in [0.717, 1.165) is 0 Å². The van der Waals surface area contributed by atoms with E-state index < -0.39 is 31.1 Å². The Kier molecular flexibility index (Phi) is 8.25. The van der Waals surface area contributed by atoms with Crippen LogP contribution in [0.3, 0.4) is 0 Å². The quantitative estimate of drug-likeness (QED) is 0.376. The number of carbonyl (C=O) groups excluding carboxylic acids is 1. The highest BCUT2D eigenvalue weighted by atomic mass is 16.4. The number of carbonyl (C=O) groups is 1. The van der Waals surface area contributed by atoms with Crippen molar-refractivity contribution in [3.63, 3.8) is 0 Å². The summed E-state index contributed by atoms with van der Waals surface area (Å²) in [5.74, 6) is -0.944. The smallest absolute Gasteiger partial charge is 0.426 e. The van der Waals surface area contributed by atoms with Crippen molar-refractivity contribution in [2.24, 2.45) is 5.92 Å². The number of aliphatic hydroxyl groups excluding tert-OH is 1. The zero-order chi connectivity index (χ0) is 15.2. The highest BCUT2D eigenvalue weighted by Gasteiger charge is 2.31. The minimum atomic E-state index is -1.61. The van der Waals surface area contributed by atoms with Gasteiger partial charge in [0.15, 0.2) is 0 Å². The summed E-state index contributed by atoms with van der Waals surface area (Å²) in [5, 5.41) is 33.7. The third-order valence-corrected chi connectivity index (χ3v) is 2.69. The van der Waals surface area contributed by atoms with Crippen molar-refractivity contribution in [2.45, 2.75) is 65.2 Å². The average Bonchev–Trinajstić information content (AvgIpc) is 2.23. The van der Waals surface area contributed by atoms with Crippen LogP contribution >= 0.6 is 0 Å². The van der Waals surface area contributed by atoms with Crippen LogP contribution < -0.4 is 10.6 Å². The fourth-order valence-corrected chi connectivity index (χ4v) is 1.83. The Morgan fingerprint density at radius 2 is 1.68 bits per heavy atom. The van der Waals surface area contributed by atoms with E-state index in [1.165, 1.54) is 6.92 Å². The van der Waals surface area contributed by atoms with Crippen LogP contribution in [0.4, 0.5) is 0 Å². The highest BCUT2D eigenvalue weighted by molar-refractivity contribution is 6.43. The molecule has 0 aromatic rings. The Balaban J connectivity index is 4.66. The molecule has 5 N–H and O–H groups in total. The SMILES string of the molecule is CC(C)C[C@H](NC(=O)[C@@H](NC(C)C)[C@@H](C)O)B(O)O. The van der Waals surface area contributed by atoms with Crippen LogP contribution in [0.2, 0.25) is 0 Å². The molecule has 0 aromatic carbocycles. The zero-order valence-corrected chi connectivity index (χ0v) is 12.4. The topological polar surface area (TPSA) is 102 Å². The van der Waals surface area contributed by atoms with Gasteiger partial charge >= 0.3 is 7.12 Å². The molecule has 0 fully saturated rings. The Labute approximate surface area is 115 Å². The standard InChI is InChI=1S/C12H27BN2O4/c1-7(2)6-10(13(18)19)15-12(17)11(9(5)16)14-8(3)4/h7-11,14,16,18-19H,6H2,1-5H3,(H,15,17)/t9-,10+,11+/m1/s1. The molecule has 0 aliphatic rings. The van der Waals surface area contributed by atoms with E-state index in [-0.39, 0.29) is 12.0 Å². The largest absolute Gasteiger partial charge is 0.475 e. The molecule has 0 aliphatic heterocycles. The number of amides is 1. The molecule has 0 rings (SSSR count). The maximum atomic E-state index is 12.1. The van der Waals surface area contributed by atoms with E-state index in [4.69, 9.17) is 0 Å². The van der Waals surface area contributed by atoms with Gasteiger partial charge < -0.3 is 25.8 Å². The van der Waals surface area contributed by atoms with E-state index in [2.05, 4.69) is 10.6 Å². The van der Waals surface area contributed by atoms with E-state index in [0.29, 0.717) is 6.42 Å². The van der Waals surface area contributed by atoms with Crippen LogP contribution in [0.1, 0.15) is 41.0 Å². The summed E-state index contributed by atoms with van der Waals surface area (Å²) < 4.78 is 0. The first-order chi connectivity index (χ1) is 8.65. The van der Waals surface area contributed by atoms with Gasteiger partial charge in [0.05, 0.1) is 12.0 Å². The summed E-state index contributed by atoms with van der Waals surface area (Å²) in [6, 6.07) is -0.735. The van der Waals surface area contributed by atoms with Crippen molar-refractivity contribution in [2.75, 3.05) is 0 Å². The van der Waals surface area contributed by atoms with Gasteiger partial charge in [0.25, 0.3) is 0 Å². The first-order valence-corrected chi connectivity index (χ1v) is 6.75. The van der Waals surface area contributed by atoms with Crippen molar-refractivity contribution >= 4 is 13.0 Å². The molecule has 0 spiro atoms. The highest BCUT2D eigenvalue weighted by Crippen LogP contribution is 2.07. The lowest BCUT2D eigenvalue weighted by Gasteiger charge is -2.26. The molecule has 19 heavy (non-hydrogen) atoms. The van der Waals surface area contributed by atoms with E-state index in [9.17, 15) is 19.9 Å². The number of hydrogen-bond donors (Lipinski definition) is 5. The lowest BCUT2D eigenvalue weighted by molar-refractivity contribution is -0.126. The summed E-state index contributed by atoms with van der Waals surface area (Å²) >= 11 is 0.